The van der Waals surface area contributed by atoms with Crippen LogP contribution >= 0.6 is 0 Å². The van der Waals surface area contributed by atoms with Gasteiger partial charge in [0.05, 0.1) is 12.5 Å². The van der Waals surface area contributed by atoms with E-state index in [4.69, 9.17) is 5.26 Å². The molecule has 1 aromatic rings. The first-order chi connectivity index (χ1) is 7.76. The van der Waals surface area contributed by atoms with Gasteiger partial charge in [-0.3, -0.25) is 4.79 Å². The summed E-state index contributed by atoms with van der Waals surface area (Å²) in [6.45, 7) is 0.665. The van der Waals surface area contributed by atoms with Crippen LogP contribution in [-0.2, 0) is 11.2 Å². The molecule has 0 aliphatic carbocycles. The fraction of sp³-hybridized carbons (Fsp3) is 0.333. The lowest BCUT2D eigenvalue weighted by molar-refractivity contribution is -0.116. The predicted molar refractivity (Wildman–Crippen MR) is 62.9 cm³/mol. The van der Waals surface area contributed by atoms with Crippen molar-refractivity contribution in [2.75, 3.05) is 18.9 Å². The maximum Gasteiger partial charge on any atom is 0.225 e. The number of nitrogens with zero attached hydrogens (tertiary/aromatic N) is 1. The summed E-state index contributed by atoms with van der Waals surface area (Å²) in [5.74, 6) is -0.0117. The molecule has 2 N–H and O–H groups in total. The molecule has 1 aromatic carbocycles. The van der Waals surface area contributed by atoms with Crippen LogP contribution in [0.25, 0.3) is 0 Å². The van der Waals surface area contributed by atoms with Crippen molar-refractivity contribution in [1.82, 2.24) is 5.32 Å². The maximum absolute atomic E-state index is 11.4. The third-order valence-electron chi connectivity index (χ3n) is 2.12. The molecule has 4 nitrogen and oxygen atoms in total. The lowest BCUT2D eigenvalue weighted by atomic mass is 10.1. The second-order valence-electron chi connectivity index (χ2n) is 3.43. The molecule has 0 heterocycles. The molecule has 0 aliphatic heterocycles. The molecule has 0 saturated carbocycles. The number of benzene rings is 1. The minimum atomic E-state index is -0.0117. The number of nitriles is 1. The predicted octanol–water partition coefficient (Wildman–Crippen LogP) is 1.30. The molecule has 0 fully saturated rings. The molecular formula is C12H15N3O. The van der Waals surface area contributed by atoms with E-state index >= 15 is 0 Å². The van der Waals surface area contributed by atoms with Gasteiger partial charge in [-0.2, -0.15) is 5.26 Å². The van der Waals surface area contributed by atoms with Crippen molar-refractivity contribution in [3.05, 3.63) is 29.8 Å². The Bertz CT molecular complexity index is 378. The molecular weight excluding hydrogens is 202 g/mol. The monoisotopic (exact) mass is 217 g/mol. The Morgan fingerprint density at radius 1 is 1.38 bits per heavy atom. The first-order valence-corrected chi connectivity index (χ1v) is 5.16. The molecule has 1 amide bonds. The second kappa shape index (κ2) is 6.59. The molecule has 4 heteroatoms. The van der Waals surface area contributed by atoms with Crippen molar-refractivity contribution in [3.8, 4) is 6.07 Å². The molecule has 0 atom stereocenters. The van der Waals surface area contributed by atoms with E-state index in [9.17, 15) is 4.79 Å². The number of amides is 1. The summed E-state index contributed by atoms with van der Waals surface area (Å²) in [4.78, 5) is 11.4. The smallest absolute Gasteiger partial charge is 0.225 e. The van der Waals surface area contributed by atoms with Gasteiger partial charge in [-0.25, -0.2) is 0 Å². The van der Waals surface area contributed by atoms with Gasteiger partial charge in [0.2, 0.25) is 5.91 Å². The van der Waals surface area contributed by atoms with Gasteiger partial charge in [0.1, 0.15) is 0 Å². The van der Waals surface area contributed by atoms with Crippen LogP contribution in [0, 0.1) is 11.3 Å². The molecule has 0 aromatic heterocycles. The Morgan fingerprint density at radius 2 is 2.06 bits per heavy atom. The third-order valence-corrected chi connectivity index (χ3v) is 2.12. The number of hydrogen-bond donors (Lipinski definition) is 2. The van der Waals surface area contributed by atoms with E-state index in [0.29, 0.717) is 19.4 Å². The van der Waals surface area contributed by atoms with Gasteiger partial charge in [0, 0.05) is 18.7 Å². The highest BCUT2D eigenvalue weighted by Crippen LogP contribution is 2.09. The second-order valence-corrected chi connectivity index (χ2v) is 3.43. The van der Waals surface area contributed by atoms with Crippen LogP contribution in [0.15, 0.2) is 24.3 Å². The number of hydrogen-bond acceptors (Lipinski definition) is 3. The summed E-state index contributed by atoms with van der Waals surface area (Å²) in [5, 5.41) is 14.2. The first-order valence-electron chi connectivity index (χ1n) is 5.16. The van der Waals surface area contributed by atoms with E-state index in [2.05, 4.69) is 16.7 Å². The fourth-order valence-corrected chi connectivity index (χ4v) is 1.26. The number of anilines is 1. The normalized spacial score (nSPS) is 9.50. The summed E-state index contributed by atoms with van der Waals surface area (Å²) in [5.41, 5.74) is 1.72. The maximum atomic E-state index is 11.4. The van der Waals surface area contributed by atoms with Crippen LogP contribution in [0.2, 0.25) is 0 Å². The summed E-state index contributed by atoms with van der Waals surface area (Å²) < 4.78 is 0. The van der Waals surface area contributed by atoms with Crippen LogP contribution < -0.4 is 10.6 Å². The standard InChI is InChI=1S/C12H15N3O/c1-14-9-7-12(16)15-11-4-2-10(3-5-11)6-8-13/h2-5,14H,6-7,9H2,1H3,(H,15,16). The molecule has 0 aliphatic rings. The Balaban J connectivity index is 2.49. The van der Waals surface area contributed by atoms with E-state index in [1.54, 1.807) is 0 Å². The summed E-state index contributed by atoms with van der Waals surface area (Å²) >= 11 is 0. The Morgan fingerprint density at radius 3 is 2.62 bits per heavy atom. The van der Waals surface area contributed by atoms with Gasteiger partial charge in [-0.15, -0.1) is 0 Å². The van der Waals surface area contributed by atoms with Gasteiger partial charge in [0.25, 0.3) is 0 Å². The third kappa shape index (κ3) is 4.11. The Hall–Kier alpha value is -1.86. The van der Waals surface area contributed by atoms with E-state index in [0.717, 1.165) is 11.3 Å². The van der Waals surface area contributed by atoms with E-state index < -0.39 is 0 Å². The first kappa shape index (κ1) is 12.2. The van der Waals surface area contributed by atoms with Gasteiger partial charge in [-0.1, -0.05) is 12.1 Å². The van der Waals surface area contributed by atoms with E-state index in [-0.39, 0.29) is 5.91 Å². The number of nitrogens with one attached hydrogen (secondary N) is 2. The van der Waals surface area contributed by atoms with Crippen molar-refractivity contribution in [1.29, 1.82) is 5.26 Å². The fourth-order valence-electron chi connectivity index (χ4n) is 1.26. The van der Waals surface area contributed by atoms with Crippen molar-refractivity contribution in [2.24, 2.45) is 0 Å². The average Bonchev–Trinajstić information content (AvgIpc) is 2.29. The van der Waals surface area contributed by atoms with Gasteiger partial charge in [0.15, 0.2) is 0 Å². The largest absolute Gasteiger partial charge is 0.326 e. The van der Waals surface area contributed by atoms with Crippen molar-refractivity contribution < 1.29 is 4.79 Å². The zero-order valence-electron chi connectivity index (χ0n) is 9.29. The molecule has 1 rings (SSSR count). The summed E-state index contributed by atoms with van der Waals surface area (Å²) in [7, 11) is 1.81. The number of rotatable bonds is 5. The molecule has 84 valence electrons. The molecule has 0 bridgehead atoms. The lowest BCUT2D eigenvalue weighted by Crippen LogP contribution is -2.18. The van der Waals surface area contributed by atoms with Crippen molar-refractivity contribution >= 4 is 11.6 Å². The topological polar surface area (TPSA) is 64.9 Å². The van der Waals surface area contributed by atoms with Gasteiger partial charge >= 0.3 is 0 Å². The average molecular weight is 217 g/mol. The van der Waals surface area contributed by atoms with Crippen LogP contribution in [0.3, 0.4) is 0 Å². The number of carbonyl (C=O) groups excluding carboxylic acids is 1. The van der Waals surface area contributed by atoms with Crippen molar-refractivity contribution in [2.45, 2.75) is 12.8 Å². The van der Waals surface area contributed by atoms with Gasteiger partial charge < -0.3 is 10.6 Å². The van der Waals surface area contributed by atoms with E-state index in [1.165, 1.54) is 0 Å². The van der Waals surface area contributed by atoms with Crippen LogP contribution in [0.1, 0.15) is 12.0 Å². The lowest BCUT2D eigenvalue weighted by Gasteiger charge is -2.05. The highest BCUT2D eigenvalue weighted by Gasteiger charge is 2.01. The van der Waals surface area contributed by atoms with Crippen LogP contribution in [0.4, 0.5) is 5.69 Å². The zero-order chi connectivity index (χ0) is 11.8. The van der Waals surface area contributed by atoms with Crippen molar-refractivity contribution in [3.63, 3.8) is 0 Å². The molecule has 0 unspecified atom stereocenters. The van der Waals surface area contributed by atoms with E-state index in [1.807, 2.05) is 31.3 Å². The Labute approximate surface area is 95.3 Å². The highest BCUT2D eigenvalue weighted by molar-refractivity contribution is 5.90. The molecule has 0 radical (unpaired) electrons. The SMILES string of the molecule is CNCCC(=O)Nc1ccc(CC#N)cc1. The minimum absolute atomic E-state index is 0.0117. The quantitative estimate of drug-likeness (QED) is 0.781. The minimum Gasteiger partial charge on any atom is -0.326 e. The molecule has 0 spiro atoms. The highest BCUT2D eigenvalue weighted by atomic mass is 16.1. The number of carbonyl (C=O) groups is 1. The zero-order valence-corrected chi connectivity index (χ0v) is 9.29. The van der Waals surface area contributed by atoms with Gasteiger partial charge in [-0.05, 0) is 24.7 Å². The summed E-state index contributed by atoms with van der Waals surface area (Å²) in [6, 6.07) is 9.38. The molecule has 16 heavy (non-hydrogen) atoms. The van der Waals surface area contributed by atoms with Crippen LogP contribution in [-0.4, -0.2) is 19.5 Å². The van der Waals surface area contributed by atoms with Crippen LogP contribution in [0.5, 0.6) is 0 Å². The Kier molecular flexibility index (Phi) is 5.03. The summed E-state index contributed by atoms with van der Waals surface area (Å²) in [6.07, 6.45) is 0.852. The molecule has 0 saturated heterocycles.